The zero-order valence-corrected chi connectivity index (χ0v) is 7.76. The van der Waals surface area contributed by atoms with Crippen LogP contribution in [0.15, 0.2) is 18.5 Å². The van der Waals surface area contributed by atoms with Crippen molar-refractivity contribution < 1.29 is 18.3 Å². The Bertz CT molecular complexity index is 295. The van der Waals surface area contributed by atoms with Crippen LogP contribution in [0.1, 0.15) is 25.0 Å². The minimum atomic E-state index is -4.46. The second-order valence-corrected chi connectivity index (χ2v) is 3.48. The van der Waals surface area contributed by atoms with Gasteiger partial charge in [0, 0.05) is 18.0 Å². The number of hydrogen-bond donors (Lipinski definition) is 1. The molecule has 1 aromatic heterocycles. The van der Waals surface area contributed by atoms with Crippen LogP contribution in [0, 0.1) is 0 Å². The Morgan fingerprint density at radius 2 is 1.79 bits per heavy atom. The maximum absolute atomic E-state index is 12.4. The van der Waals surface area contributed by atoms with Crippen LogP contribution in [0.2, 0.25) is 0 Å². The lowest BCUT2D eigenvalue weighted by atomic mass is 9.95. The quantitative estimate of drug-likeness (QED) is 0.763. The predicted octanol–water partition coefficient (Wildman–Crippen LogP) is 2.33. The summed E-state index contributed by atoms with van der Waals surface area (Å²) in [6.07, 6.45) is -2.38. The van der Waals surface area contributed by atoms with Crippen LogP contribution in [-0.4, -0.2) is 10.1 Å². The molecule has 2 nitrogen and oxygen atoms in total. The third kappa shape index (κ3) is 2.23. The summed E-state index contributed by atoms with van der Waals surface area (Å²) in [6.45, 7) is 2.58. The second-order valence-electron chi connectivity index (χ2n) is 3.48. The van der Waals surface area contributed by atoms with E-state index in [9.17, 15) is 18.3 Å². The van der Waals surface area contributed by atoms with Crippen LogP contribution in [0.4, 0.5) is 13.2 Å². The van der Waals surface area contributed by atoms with E-state index in [2.05, 4.69) is 4.98 Å². The first-order chi connectivity index (χ1) is 6.23. The molecule has 1 N–H and O–H groups in total. The van der Waals surface area contributed by atoms with Gasteiger partial charge in [-0.3, -0.25) is 4.98 Å². The molecule has 0 amide bonds. The normalized spacial score (nSPS) is 13.0. The standard InChI is InChI=1S/C9H10F3NO/c1-8(2,14)7-5-13-4-3-6(7)9(10,11)12/h3-5,14H,1-2H3. The van der Waals surface area contributed by atoms with Gasteiger partial charge in [-0.25, -0.2) is 0 Å². The molecular weight excluding hydrogens is 195 g/mol. The lowest BCUT2D eigenvalue weighted by Crippen LogP contribution is -2.22. The van der Waals surface area contributed by atoms with E-state index in [0.717, 1.165) is 18.5 Å². The van der Waals surface area contributed by atoms with E-state index in [1.54, 1.807) is 0 Å². The Balaban J connectivity index is 3.31. The van der Waals surface area contributed by atoms with Gasteiger partial charge < -0.3 is 5.11 Å². The number of pyridine rings is 1. The molecule has 14 heavy (non-hydrogen) atoms. The number of hydrogen-bond acceptors (Lipinski definition) is 2. The fraction of sp³-hybridized carbons (Fsp3) is 0.444. The van der Waals surface area contributed by atoms with E-state index in [1.807, 2.05) is 0 Å². The molecule has 0 saturated heterocycles. The molecule has 0 aromatic carbocycles. The summed E-state index contributed by atoms with van der Waals surface area (Å²) >= 11 is 0. The van der Waals surface area contributed by atoms with Crippen LogP contribution in [-0.2, 0) is 11.8 Å². The molecule has 1 aromatic rings. The van der Waals surface area contributed by atoms with Crippen LogP contribution < -0.4 is 0 Å². The molecule has 0 aliphatic carbocycles. The second kappa shape index (κ2) is 3.24. The lowest BCUT2D eigenvalue weighted by Gasteiger charge is -2.21. The molecule has 0 fully saturated rings. The van der Waals surface area contributed by atoms with E-state index in [4.69, 9.17) is 0 Å². The van der Waals surface area contributed by atoms with Crippen molar-refractivity contribution in [2.75, 3.05) is 0 Å². The van der Waals surface area contributed by atoms with Gasteiger partial charge in [0.15, 0.2) is 0 Å². The highest BCUT2D eigenvalue weighted by Gasteiger charge is 2.36. The van der Waals surface area contributed by atoms with Gasteiger partial charge in [0.1, 0.15) is 0 Å². The summed E-state index contributed by atoms with van der Waals surface area (Å²) in [4.78, 5) is 3.57. The number of nitrogens with zero attached hydrogens (tertiary/aromatic N) is 1. The average Bonchev–Trinajstić information content (AvgIpc) is 2.01. The first kappa shape index (κ1) is 11.0. The van der Waals surface area contributed by atoms with Crippen LogP contribution >= 0.6 is 0 Å². The molecule has 78 valence electrons. The van der Waals surface area contributed by atoms with Gasteiger partial charge in [-0.2, -0.15) is 13.2 Å². The van der Waals surface area contributed by atoms with Crippen molar-refractivity contribution in [3.63, 3.8) is 0 Å². The Morgan fingerprint density at radius 3 is 2.14 bits per heavy atom. The zero-order valence-electron chi connectivity index (χ0n) is 7.76. The fourth-order valence-electron chi connectivity index (χ4n) is 1.13. The topological polar surface area (TPSA) is 33.1 Å². The van der Waals surface area contributed by atoms with Gasteiger partial charge in [-0.05, 0) is 19.9 Å². The minimum Gasteiger partial charge on any atom is -0.386 e. The number of aromatic nitrogens is 1. The summed E-state index contributed by atoms with van der Waals surface area (Å²) in [7, 11) is 0. The minimum absolute atomic E-state index is 0.215. The van der Waals surface area contributed by atoms with E-state index in [-0.39, 0.29) is 5.56 Å². The Labute approximate surface area is 79.4 Å². The third-order valence-corrected chi connectivity index (χ3v) is 1.79. The van der Waals surface area contributed by atoms with Gasteiger partial charge in [0.25, 0.3) is 0 Å². The van der Waals surface area contributed by atoms with E-state index in [1.165, 1.54) is 13.8 Å². The molecule has 1 rings (SSSR count). The molecule has 0 spiro atoms. The number of aliphatic hydroxyl groups is 1. The predicted molar refractivity (Wildman–Crippen MR) is 44.5 cm³/mol. The number of halogens is 3. The van der Waals surface area contributed by atoms with Crippen LogP contribution in [0.3, 0.4) is 0 Å². The highest BCUT2D eigenvalue weighted by atomic mass is 19.4. The smallest absolute Gasteiger partial charge is 0.386 e. The third-order valence-electron chi connectivity index (χ3n) is 1.79. The Kier molecular flexibility index (Phi) is 2.54. The van der Waals surface area contributed by atoms with E-state index >= 15 is 0 Å². The largest absolute Gasteiger partial charge is 0.416 e. The maximum Gasteiger partial charge on any atom is 0.416 e. The summed E-state index contributed by atoms with van der Waals surface area (Å²) in [5, 5.41) is 9.49. The van der Waals surface area contributed by atoms with Gasteiger partial charge in [-0.15, -0.1) is 0 Å². The summed E-state index contributed by atoms with van der Waals surface area (Å²) in [5.74, 6) is 0. The Hall–Kier alpha value is -1.10. The SMILES string of the molecule is CC(C)(O)c1cnccc1C(F)(F)F. The maximum atomic E-state index is 12.4. The highest BCUT2D eigenvalue weighted by molar-refractivity contribution is 5.30. The molecule has 0 bridgehead atoms. The number of rotatable bonds is 1. The monoisotopic (exact) mass is 205 g/mol. The molecule has 0 radical (unpaired) electrons. The van der Waals surface area contributed by atoms with Gasteiger partial charge in [0.05, 0.1) is 11.2 Å². The molecule has 0 saturated carbocycles. The molecule has 0 aliphatic rings. The Morgan fingerprint density at radius 1 is 1.21 bits per heavy atom. The molecule has 0 aliphatic heterocycles. The van der Waals surface area contributed by atoms with Crippen molar-refractivity contribution in [2.24, 2.45) is 0 Å². The van der Waals surface area contributed by atoms with Crippen molar-refractivity contribution in [1.29, 1.82) is 0 Å². The van der Waals surface area contributed by atoms with Crippen molar-refractivity contribution >= 4 is 0 Å². The molecule has 0 unspecified atom stereocenters. The average molecular weight is 205 g/mol. The summed E-state index contributed by atoms with van der Waals surface area (Å²) in [6, 6.07) is 0.854. The summed E-state index contributed by atoms with van der Waals surface area (Å²) < 4.78 is 37.3. The highest BCUT2D eigenvalue weighted by Crippen LogP contribution is 2.35. The van der Waals surface area contributed by atoms with Gasteiger partial charge in [-0.1, -0.05) is 0 Å². The van der Waals surface area contributed by atoms with E-state index < -0.39 is 17.3 Å². The first-order valence-corrected chi connectivity index (χ1v) is 3.97. The first-order valence-electron chi connectivity index (χ1n) is 3.97. The van der Waals surface area contributed by atoms with E-state index in [0.29, 0.717) is 0 Å². The fourth-order valence-corrected chi connectivity index (χ4v) is 1.13. The van der Waals surface area contributed by atoms with Gasteiger partial charge >= 0.3 is 6.18 Å². The van der Waals surface area contributed by atoms with Gasteiger partial charge in [0.2, 0.25) is 0 Å². The van der Waals surface area contributed by atoms with Crippen molar-refractivity contribution in [3.05, 3.63) is 29.6 Å². The van der Waals surface area contributed by atoms with Crippen LogP contribution in [0.25, 0.3) is 0 Å². The van der Waals surface area contributed by atoms with Crippen molar-refractivity contribution in [3.8, 4) is 0 Å². The van der Waals surface area contributed by atoms with Crippen molar-refractivity contribution in [2.45, 2.75) is 25.6 Å². The molecule has 1 heterocycles. The molecule has 5 heteroatoms. The molecular formula is C9H10F3NO. The van der Waals surface area contributed by atoms with Crippen LogP contribution in [0.5, 0.6) is 0 Å². The summed E-state index contributed by atoms with van der Waals surface area (Å²) in [5.41, 5.74) is -2.61. The zero-order chi connectivity index (χ0) is 11.0. The van der Waals surface area contributed by atoms with Crippen molar-refractivity contribution in [1.82, 2.24) is 4.98 Å². The lowest BCUT2D eigenvalue weighted by molar-refractivity contribution is -0.140. The molecule has 0 atom stereocenters. The number of alkyl halides is 3.